The highest BCUT2D eigenvalue weighted by Crippen LogP contribution is 2.26. The van der Waals surface area contributed by atoms with Gasteiger partial charge in [-0.25, -0.2) is 9.78 Å². The van der Waals surface area contributed by atoms with Crippen LogP contribution in [0.4, 0.5) is 0 Å². The smallest absolute Gasteiger partial charge is 0.358 e. The zero-order chi connectivity index (χ0) is 19.2. The predicted molar refractivity (Wildman–Crippen MR) is 102 cm³/mol. The molecule has 1 aromatic heterocycles. The first-order chi connectivity index (χ1) is 13.1. The van der Waals surface area contributed by atoms with E-state index < -0.39 is 12.6 Å². The van der Waals surface area contributed by atoms with Gasteiger partial charge in [-0.15, -0.1) is 11.3 Å². The Balaban J connectivity index is 1.66. The van der Waals surface area contributed by atoms with Crippen LogP contribution in [-0.4, -0.2) is 37.6 Å². The Hall–Kier alpha value is -3.19. The van der Waals surface area contributed by atoms with Crippen molar-refractivity contribution >= 4 is 23.1 Å². The summed E-state index contributed by atoms with van der Waals surface area (Å²) in [6.45, 7) is -0.403. The number of methoxy groups -OCH3 is 2. The van der Waals surface area contributed by atoms with Crippen LogP contribution < -0.4 is 9.47 Å². The molecule has 0 radical (unpaired) electrons. The van der Waals surface area contributed by atoms with Gasteiger partial charge in [0.2, 0.25) is 5.78 Å². The minimum absolute atomic E-state index is 0.174. The van der Waals surface area contributed by atoms with Crippen molar-refractivity contribution in [3.63, 3.8) is 0 Å². The molecular weight excluding hydrogens is 366 g/mol. The summed E-state index contributed by atoms with van der Waals surface area (Å²) in [5, 5.41) is 2.33. The Bertz CT molecular complexity index is 952. The molecule has 1 heterocycles. The fourth-order valence-electron chi connectivity index (χ4n) is 2.39. The van der Waals surface area contributed by atoms with Gasteiger partial charge in [-0.2, -0.15) is 0 Å². The Labute approximate surface area is 160 Å². The zero-order valence-corrected chi connectivity index (χ0v) is 15.6. The van der Waals surface area contributed by atoms with Crippen LogP contribution in [0.15, 0.2) is 53.9 Å². The highest BCUT2D eigenvalue weighted by atomic mass is 32.1. The largest absolute Gasteiger partial charge is 0.497 e. The van der Waals surface area contributed by atoms with Crippen molar-refractivity contribution in [3.05, 3.63) is 65.2 Å². The second-order valence-electron chi connectivity index (χ2n) is 5.47. The van der Waals surface area contributed by atoms with Gasteiger partial charge in [-0.3, -0.25) is 4.79 Å². The Morgan fingerprint density at radius 3 is 2.52 bits per heavy atom. The van der Waals surface area contributed by atoms with Crippen LogP contribution in [0.3, 0.4) is 0 Å². The first-order valence-corrected chi connectivity index (χ1v) is 8.93. The van der Waals surface area contributed by atoms with E-state index in [1.54, 1.807) is 23.6 Å². The van der Waals surface area contributed by atoms with E-state index in [1.807, 2.05) is 30.3 Å². The van der Waals surface area contributed by atoms with Crippen molar-refractivity contribution in [2.45, 2.75) is 0 Å². The SMILES string of the molecule is COc1ccc(C(=O)COC(=O)c2csc(-c3ccccc3)n2)c(OC)c1. The van der Waals surface area contributed by atoms with Crippen LogP contribution in [0.25, 0.3) is 10.6 Å². The van der Waals surface area contributed by atoms with Crippen molar-refractivity contribution < 1.29 is 23.8 Å². The molecule has 0 bridgehead atoms. The molecule has 0 spiro atoms. The van der Waals surface area contributed by atoms with E-state index in [0.717, 1.165) is 5.56 Å². The minimum Gasteiger partial charge on any atom is -0.497 e. The number of benzene rings is 2. The molecule has 0 unspecified atom stereocenters. The molecule has 0 saturated carbocycles. The number of ether oxygens (including phenoxy) is 3. The number of carbonyl (C=O) groups excluding carboxylic acids is 2. The van der Waals surface area contributed by atoms with Gasteiger partial charge in [0.1, 0.15) is 16.5 Å². The van der Waals surface area contributed by atoms with Crippen LogP contribution in [0, 0.1) is 0 Å². The molecule has 3 rings (SSSR count). The fraction of sp³-hybridized carbons (Fsp3) is 0.150. The molecule has 0 N–H and O–H groups in total. The quantitative estimate of drug-likeness (QED) is 0.455. The van der Waals surface area contributed by atoms with Gasteiger partial charge in [0.05, 0.1) is 19.8 Å². The molecule has 7 heteroatoms. The van der Waals surface area contributed by atoms with Gasteiger partial charge >= 0.3 is 5.97 Å². The van der Waals surface area contributed by atoms with Gasteiger partial charge in [-0.05, 0) is 12.1 Å². The lowest BCUT2D eigenvalue weighted by atomic mass is 10.1. The molecule has 27 heavy (non-hydrogen) atoms. The molecule has 0 amide bonds. The minimum atomic E-state index is -0.644. The Kier molecular flexibility index (Phi) is 5.83. The van der Waals surface area contributed by atoms with Crippen molar-refractivity contribution in [1.29, 1.82) is 0 Å². The topological polar surface area (TPSA) is 74.7 Å². The molecule has 138 valence electrons. The first-order valence-electron chi connectivity index (χ1n) is 8.05. The maximum absolute atomic E-state index is 12.4. The van der Waals surface area contributed by atoms with E-state index in [9.17, 15) is 9.59 Å². The van der Waals surface area contributed by atoms with E-state index in [0.29, 0.717) is 22.1 Å². The molecule has 3 aromatic rings. The van der Waals surface area contributed by atoms with Crippen LogP contribution in [0.2, 0.25) is 0 Å². The average molecular weight is 383 g/mol. The number of hydrogen-bond acceptors (Lipinski definition) is 7. The summed E-state index contributed by atoms with van der Waals surface area (Å²) in [6.07, 6.45) is 0. The second-order valence-corrected chi connectivity index (χ2v) is 6.33. The van der Waals surface area contributed by atoms with Gasteiger partial charge < -0.3 is 14.2 Å². The van der Waals surface area contributed by atoms with Crippen molar-refractivity contribution in [3.8, 4) is 22.1 Å². The normalized spacial score (nSPS) is 10.3. The van der Waals surface area contributed by atoms with E-state index >= 15 is 0 Å². The lowest BCUT2D eigenvalue weighted by molar-refractivity contribution is 0.0469. The molecule has 2 aromatic carbocycles. The van der Waals surface area contributed by atoms with Crippen molar-refractivity contribution in [2.24, 2.45) is 0 Å². The maximum atomic E-state index is 12.4. The molecule has 0 aliphatic heterocycles. The number of rotatable bonds is 7. The van der Waals surface area contributed by atoms with Gasteiger partial charge in [0.15, 0.2) is 12.3 Å². The van der Waals surface area contributed by atoms with Gasteiger partial charge in [-0.1, -0.05) is 30.3 Å². The number of aromatic nitrogens is 1. The summed E-state index contributed by atoms with van der Waals surface area (Å²) in [5.74, 6) is -0.0950. The number of nitrogens with zero attached hydrogens (tertiary/aromatic N) is 1. The third kappa shape index (κ3) is 4.32. The van der Waals surface area contributed by atoms with E-state index in [4.69, 9.17) is 14.2 Å². The van der Waals surface area contributed by atoms with E-state index in [1.165, 1.54) is 25.6 Å². The Morgan fingerprint density at radius 1 is 1.04 bits per heavy atom. The second kappa shape index (κ2) is 8.46. The number of ketones is 1. The highest BCUT2D eigenvalue weighted by Gasteiger charge is 2.18. The summed E-state index contributed by atoms with van der Waals surface area (Å²) < 4.78 is 15.4. The lowest BCUT2D eigenvalue weighted by Gasteiger charge is -2.09. The van der Waals surface area contributed by atoms with E-state index in [-0.39, 0.29) is 11.5 Å². The molecule has 0 fully saturated rings. The van der Waals surface area contributed by atoms with Crippen LogP contribution in [0.1, 0.15) is 20.8 Å². The standard InChI is InChI=1S/C20H17NO5S/c1-24-14-8-9-15(18(10-14)25-2)17(22)11-26-20(23)16-12-27-19(21-16)13-6-4-3-5-7-13/h3-10,12H,11H2,1-2H3. The molecule has 0 aliphatic carbocycles. The molecule has 0 saturated heterocycles. The average Bonchev–Trinajstić information content (AvgIpc) is 3.22. The first kappa shape index (κ1) is 18.6. The number of esters is 1. The summed E-state index contributed by atoms with van der Waals surface area (Å²) in [4.78, 5) is 28.8. The maximum Gasteiger partial charge on any atom is 0.358 e. The number of carbonyl (C=O) groups is 2. The molecule has 0 aliphatic rings. The zero-order valence-electron chi connectivity index (χ0n) is 14.8. The number of hydrogen-bond donors (Lipinski definition) is 0. The fourth-order valence-corrected chi connectivity index (χ4v) is 3.19. The predicted octanol–water partition coefficient (Wildman–Crippen LogP) is 3.87. The van der Waals surface area contributed by atoms with Crippen LogP contribution in [-0.2, 0) is 4.74 Å². The monoisotopic (exact) mass is 383 g/mol. The van der Waals surface area contributed by atoms with Crippen LogP contribution in [0.5, 0.6) is 11.5 Å². The highest BCUT2D eigenvalue weighted by molar-refractivity contribution is 7.13. The number of Topliss-reactive ketones (excluding diaryl/α,β-unsaturated/α-hetero) is 1. The van der Waals surface area contributed by atoms with Crippen molar-refractivity contribution in [1.82, 2.24) is 4.98 Å². The molecular formula is C20H17NO5S. The molecule has 0 atom stereocenters. The third-order valence-corrected chi connectivity index (χ3v) is 4.67. The summed E-state index contributed by atoms with van der Waals surface area (Å²) in [6, 6.07) is 14.3. The number of thiazole rings is 1. The molecule has 6 nitrogen and oxygen atoms in total. The van der Waals surface area contributed by atoms with E-state index in [2.05, 4.69) is 4.98 Å². The van der Waals surface area contributed by atoms with Gasteiger partial charge in [0.25, 0.3) is 0 Å². The Morgan fingerprint density at radius 2 is 1.81 bits per heavy atom. The van der Waals surface area contributed by atoms with Gasteiger partial charge in [0, 0.05) is 17.0 Å². The third-order valence-electron chi connectivity index (χ3n) is 3.78. The van der Waals surface area contributed by atoms with Crippen molar-refractivity contribution in [2.75, 3.05) is 20.8 Å². The summed E-state index contributed by atoms with van der Waals surface area (Å²) in [7, 11) is 2.98. The van der Waals surface area contributed by atoms with Crippen LogP contribution >= 0.6 is 11.3 Å². The lowest BCUT2D eigenvalue weighted by Crippen LogP contribution is -2.15. The summed E-state index contributed by atoms with van der Waals surface area (Å²) >= 11 is 1.34. The summed E-state index contributed by atoms with van der Waals surface area (Å²) in [5.41, 5.74) is 1.41.